The van der Waals surface area contributed by atoms with Crippen LogP contribution < -0.4 is 39.6 Å². The summed E-state index contributed by atoms with van der Waals surface area (Å²) in [7, 11) is 0. The molecule has 0 bridgehead atoms. The molecule has 0 aliphatic carbocycles. The second kappa shape index (κ2) is 4.72. The molecular formula is C13H8NNaO3. The summed E-state index contributed by atoms with van der Waals surface area (Å²) in [5.41, 5.74) is 1.20. The van der Waals surface area contributed by atoms with Crippen molar-refractivity contribution in [3.8, 4) is 0 Å². The number of carboxylic acid groups (broad SMARTS) is 1. The number of nitrogens with zero attached hydrogens (tertiary/aromatic N) is 1. The Kier molecular flexibility index (Phi) is 3.43. The van der Waals surface area contributed by atoms with Crippen LogP contribution in [0.15, 0.2) is 36.4 Å². The standard InChI is InChI=1S/C13H9NO3.Na/c15-11(16)7-14-10-6-2-4-8-3-1-5-9(12(8)10)13(14)17;/h1-6H,7H2,(H,15,16);/q;+1/p-1. The number of carbonyl (C=O) groups is 2. The number of amides is 1. The normalized spacial score (nSPS) is 12.7. The van der Waals surface area contributed by atoms with E-state index in [0.29, 0.717) is 11.3 Å². The molecule has 1 amide bonds. The van der Waals surface area contributed by atoms with E-state index in [-0.39, 0.29) is 35.5 Å². The maximum Gasteiger partial charge on any atom is 1.00 e. The Morgan fingerprint density at radius 2 is 1.83 bits per heavy atom. The van der Waals surface area contributed by atoms with E-state index in [9.17, 15) is 14.7 Å². The first-order chi connectivity index (χ1) is 8.18. The van der Waals surface area contributed by atoms with E-state index in [1.165, 1.54) is 4.90 Å². The number of anilines is 1. The van der Waals surface area contributed by atoms with Crippen LogP contribution in [-0.2, 0) is 4.79 Å². The Labute approximate surface area is 125 Å². The van der Waals surface area contributed by atoms with Gasteiger partial charge < -0.3 is 14.8 Å². The molecule has 0 aromatic heterocycles. The Balaban J connectivity index is 0.00000120. The van der Waals surface area contributed by atoms with Crippen LogP contribution in [0.25, 0.3) is 10.8 Å². The second-order valence-electron chi connectivity index (χ2n) is 3.94. The Bertz CT molecular complexity index is 648. The summed E-state index contributed by atoms with van der Waals surface area (Å²) in [5, 5.41) is 12.4. The fourth-order valence-electron chi connectivity index (χ4n) is 2.27. The average Bonchev–Trinajstić information content (AvgIpc) is 2.57. The van der Waals surface area contributed by atoms with Gasteiger partial charge in [-0.2, -0.15) is 0 Å². The Morgan fingerprint density at radius 3 is 2.50 bits per heavy atom. The monoisotopic (exact) mass is 249 g/mol. The van der Waals surface area contributed by atoms with Gasteiger partial charge in [0.2, 0.25) is 0 Å². The van der Waals surface area contributed by atoms with Gasteiger partial charge in [0.25, 0.3) is 5.91 Å². The summed E-state index contributed by atoms with van der Waals surface area (Å²) in [6, 6.07) is 10.9. The van der Waals surface area contributed by atoms with E-state index in [1.807, 2.05) is 18.2 Å². The number of rotatable bonds is 2. The predicted octanol–water partition coefficient (Wildman–Crippen LogP) is -2.45. The van der Waals surface area contributed by atoms with Gasteiger partial charge in [0.1, 0.15) is 0 Å². The smallest absolute Gasteiger partial charge is 0.548 e. The third-order valence-corrected chi connectivity index (χ3v) is 2.94. The topological polar surface area (TPSA) is 60.4 Å². The van der Waals surface area contributed by atoms with E-state index in [1.54, 1.807) is 18.2 Å². The van der Waals surface area contributed by atoms with Crippen LogP contribution in [0.5, 0.6) is 0 Å². The third kappa shape index (κ3) is 1.82. The molecule has 0 saturated heterocycles. The van der Waals surface area contributed by atoms with Crippen molar-refractivity contribution in [1.29, 1.82) is 0 Å². The van der Waals surface area contributed by atoms with Gasteiger partial charge in [-0.25, -0.2) is 0 Å². The summed E-state index contributed by atoms with van der Waals surface area (Å²) in [4.78, 5) is 24.0. The van der Waals surface area contributed by atoms with Gasteiger partial charge in [0, 0.05) is 10.9 Å². The molecule has 1 heterocycles. The van der Waals surface area contributed by atoms with Gasteiger partial charge in [-0.15, -0.1) is 0 Å². The first-order valence-corrected chi connectivity index (χ1v) is 5.22. The quantitative estimate of drug-likeness (QED) is 0.555. The second-order valence-corrected chi connectivity index (χ2v) is 3.94. The fraction of sp³-hybridized carbons (Fsp3) is 0.0769. The molecule has 4 nitrogen and oxygen atoms in total. The predicted molar refractivity (Wildman–Crippen MR) is 60.6 cm³/mol. The molecule has 1 aliphatic rings. The zero-order valence-corrected chi connectivity index (χ0v) is 11.8. The van der Waals surface area contributed by atoms with Gasteiger partial charge in [-0.3, -0.25) is 4.79 Å². The van der Waals surface area contributed by atoms with Crippen molar-refractivity contribution in [1.82, 2.24) is 0 Å². The zero-order chi connectivity index (χ0) is 12.0. The first kappa shape index (κ1) is 13.1. The summed E-state index contributed by atoms with van der Waals surface area (Å²) in [6.45, 7) is -0.410. The van der Waals surface area contributed by atoms with Gasteiger partial charge in [-0.05, 0) is 17.5 Å². The van der Waals surface area contributed by atoms with Crippen LogP contribution in [0.1, 0.15) is 10.4 Å². The maximum absolute atomic E-state index is 12.0. The molecule has 18 heavy (non-hydrogen) atoms. The van der Waals surface area contributed by atoms with Crippen molar-refractivity contribution in [3.05, 3.63) is 42.0 Å². The van der Waals surface area contributed by atoms with Gasteiger partial charge in [0.15, 0.2) is 0 Å². The Hall–Kier alpha value is -1.36. The van der Waals surface area contributed by atoms with Crippen LogP contribution in [0.4, 0.5) is 5.69 Å². The number of hydrogen-bond donors (Lipinski definition) is 0. The summed E-state index contributed by atoms with van der Waals surface area (Å²) < 4.78 is 0. The molecule has 0 saturated carbocycles. The molecular weight excluding hydrogens is 241 g/mol. The van der Waals surface area contributed by atoms with Crippen LogP contribution in [0, 0.1) is 0 Å². The molecule has 0 fully saturated rings. The minimum absolute atomic E-state index is 0. The van der Waals surface area contributed by atoms with Crippen LogP contribution >= 0.6 is 0 Å². The molecule has 0 N–H and O–H groups in total. The number of hydrogen-bond acceptors (Lipinski definition) is 3. The summed E-state index contributed by atoms with van der Waals surface area (Å²) in [6.07, 6.45) is 0. The number of carboxylic acids is 1. The fourth-order valence-corrected chi connectivity index (χ4v) is 2.27. The Morgan fingerprint density at radius 1 is 1.17 bits per heavy atom. The van der Waals surface area contributed by atoms with Gasteiger partial charge in [-0.1, -0.05) is 24.3 Å². The minimum Gasteiger partial charge on any atom is -0.548 e. The van der Waals surface area contributed by atoms with Crippen molar-refractivity contribution in [2.24, 2.45) is 0 Å². The van der Waals surface area contributed by atoms with Crippen molar-refractivity contribution in [3.63, 3.8) is 0 Å². The molecule has 5 heteroatoms. The number of benzene rings is 2. The summed E-state index contributed by atoms with van der Waals surface area (Å²) >= 11 is 0. The molecule has 0 atom stereocenters. The third-order valence-electron chi connectivity index (χ3n) is 2.94. The minimum atomic E-state index is -1.26. The van der Waals surface area contributed by atoms with Gasteiger partial charge in [0.05, 0.1) is 18.2 Å². The van der Waals surface area contributed by atoms with E-state index in [4.69, 9.17) is 0 Å². The van der Waals surface area contributed by atoms with Crippen molar-refractivity contribution >= 4 is 28.3 Å². The molecule has 1 aliphatic heterocycles. The molecule has 0 unspecified atom stereocenters. The van der Waals surface area contributed by atoms with Crippen LogP contribution in [-0.4, -0.2) is 18.4 Å². The van der Waals surface area contributed by atoms with Crippen LogP contribution in [0.3, 0.4) is 0 Å². The molecule has 0 radical (unpaired) electrons. The number of aliphatic carboxylic acids is 1. The summed E-state index contributed by atoms with van der Waals surface area (Å²) in [5.74, 6) is -1.54. The molecule has 3 rings (SSSR count). The number of carbonyl (C=O) groups excluding carboxylic acids is 2. The SMILES string of the molecule is O=C([O-])CN1C(=O)c2cccc3cccc1c23.[Na+]. The maximum atomic E-state index is 12.0. The van der Waals surface area contributed by atoms with Crippen molar-refractivity contribution in [2.75, 3.05) is 11.4 Å². The van der Waals surface area contributed by atoms with E-state index >= 15 is 0 Å². The van der Waals surface area contributed by atoms with E-state index in [2.05, 4.69) is 0 Å². The van der Waals surface area contributed by atoms with E-state index < -0.39 is 12.5 Å². The molecule has 2 aromatic carbocycles. The first-order valence-electron chi connectivity index (χ1n) is 5.22. The van der Waals surface area contributed by atoms with Crippen LogP contribution in [0.2, 0.25) is 0 Å². The molecule has 2 aromatic rings. The molecule has 84 valence electrons. The molecule has 0 spiro atoms. The van der Waals surface area contributed by atoms with E-state index in [0.717, 1.165) is 10.8 Å². The zero-order valence-electron chi connectivity index (χ0n) is 9.84. The largest absolute Gasteiger partial charge is 1.00 e. The average molecular weight is 249 g/mol. The van der Waals surface area contributed by atoms with Crippen molar-refractivity contribution in [2.45, 2.75) is 0 Å². The van der Waals surface area contributed by atoms with Crippen molar-refractivity contribution < 1.29 is 44.3 Å². The van der Waals surface area contributed by atoms with Gasteiger partial charge >= 0.3 is 29.6 Å².